The number of aliphatic hydroxyl groups is 1. The molecule has 1 heterocycles. The Bertz CT molecular complexity index is 371. The number of hydrogen-bond acceptors (Lipinski definition) is 3. The van der Waals surface area contributed by atoms with Gasteiger partial charge >= 0.3 is 0 Å². The molecule has 0 aliphatic heterocycles. The van der Waals surface area contributed by atoms with E-state index in [1.54, 1.807) is 13.8 Å². The molecule has 2 unspecified atom stereocenters. The van der Waals surface area contributed by atoms with Crippen molar-refractivity contribution in [3.63, 3.8) is 0 Å². The van der Waals surface area contributed by atoms with Crippen LogP contribution < -0.4 is 5.32 Å². The highest BCUT2D eigenvalue weighted by atomic mass is 19.1. The zero-order chi connectivity index (χ0) is 12.1. The van der Waals surface area contributed by atoms with Crippen LogP contribution in [0.5, 0.6) is 0 Å². The fourth-order valence-electron chi connectivity index (χ4n) is 1.14. The molecule has 2 N–H and O–H groups in total. The predicted molar refractivity (Wildman–Crippen MR) is 57.4 cm³/mol. The van der Waals surface area contributed by atoms with Crippen molar-refractivity contribution in [2.45, 2.75) is 19.9 Å². The average Bonchev–Trinajstić information content (AvgIpc) is 2.28. The summed E-state index contributed by atoms with van der Waals surface area (Å²) in [6.45, 7) is 3.53. The van der Waals surface area contributed by atoms with Crippen molar-refractivity contribution in [1.82, 2.24) is 10.3 Å². The lowest BCUT2D eigenvalue weighted by Gasteiger charge is -2.19. The predicted octanol–water partition coefficient (Wildman–Crippen LogP) is 0.967. The number of nitrogens with one attached hydrogen (secondary N) is 1. The third kappa shape index (κ3) is 3.00. The fourth-order valence-corrected chi connectivity index (χ4v) is 1.14. The quantitative estimate of drug-likeness (QED) is 0.804. The summed E-state index contributed by atoms with van der Waals surface area (Å²) in [4.78, 5) is 15.2. The Hall–Kier alpha value is -1.49. The number of carbonyl (C=O) groups is 1. The molecule has 0 aromatic carbocycles. The second kappa shape index (κ2) is 5.55. The fraction of sp³-hybridized carbons (Fsp3) is 0.455. The Morgan fingerprint density at radius 2 is 2.31 bits per heavy atom. The Labute approximate surface area is 93.5 Å². The molecule has 0 saturated heterocycles. The number of halogens is 1. The standard InChI is InChI=1S/C11H15FN2O2/c1-7(6-15)8(2)14-11(16)9-3-4-13-5-10(9)12/h3-5,7-8,15H,6H2,1-2H3,(H,14,16). The van der Waals surface area contributed by atoms with E-state index in [1.807, 2.05) is 0 Å². The number of hydrogen-bond donors (Lipinski definition) is 2. The van der Waals surface area contributed by atoms with Crippen molar-refractivity contribution in [2.75, 3.05) is 6.61 Å². The molecule has 16 heavy (non-hydrogen) atoms. The van der Waals surface area contributed by atoms with Crippen LogP contribution >= 0.6 is 0 Å². The second-order valence-electron chi connectivity index (χ2n) is 3.78. The zero-order valence-electron chi connectivity index (χ0n) is 9.27. The normalized spacial score (nSPS) is 14.2. The summed E-state index contributed by atoms with van der Waals surface area (Å²) in [6.07, 6.45) is 2.35. The Kier molecular flexibility index (Phi) is 4.37. The number of carbonyl (C=O) groups excluding carboxylic acids is 1. The van der Waals surface area contributed by atoms with Gasteiger partial charge in [0.2, 0.25) is 0 Å². The van der Waals surface area contributed by atoms with Crippen LogP contribution in [0.4, 0.5) is 4.39 Å². The summed E-state index contributed by atoms with van der Waals surface area (Å²) in [5.41, 5.74) is -0.0352. The minimum absolute atomic E-state index is 0.0275. The summed E-state index contributed by atoms with van der Waals surface area (Å²) >= 11 is 0. The molecule has 5 heteroatoms. The number of pyridine rings is 1. The molecule has 4 nitrogen and oxygen atoms in total. The molecule has 0 aliphatic rings. The molecule has 0 aliphatic carbocycles. The van der Waals surface area contributed by atoms with Crippen LogP contribution in [-0.4, -0.2) is 28.6 Å². The van der Waals surface area contributed by atoms with Gasteiger partial charge in [0.15, 0.2) is 5.82 Å². The van der Waals surface area contributed by atoms with Gasteiger partial charge < -0.3 is 10.4 Å². The topological polar surface area (TPSA) is 62.2 Å². The SMILES string of the molecule is CC(CO)C(C)NC(=O)c1ccncc1F. The van der Waals surface area contributed by atoms with E-state index in [2.05, 4.69) is 10.3 Å². The Morgan fingerprint density at radius 3 is 2.88 bits per heavy atom. The van der Waals surface area contributed by atoms with Gasteiger partial charge in [-0.2, -0.15) is 0 Å². The third-order valence-electron chi connectivity index (χ3n) is 2.52. The molecule has 88 valence electrons. The van der Waals surface area contributed by atoms with Crippen molar-refractivity contribution in [3.05, 3.63) is 29.8 Å². The van der Waals surface area contributed by atoms with E-state index in [0.717, 1.165) is 6.20 Å². The number of amides is 1. The molecular weight excluding hydrogens is 211 g/mol. The Balaban J connectivity index is 2.70. The van der Waals surface area contributed by atoms with Crippen LogP contribution in [0, 0.1) is 11.7 Å². The van der Waals surface area contributed by atoms with Crippen molar-refractivity contribution < 1.29 is 14.3 Å². The maximum Gasteiger partial charge on any atom is 0.254 e. The summed E-state index contributed by atoms with van der Waals surface area (Å²) < 4.78 is 13.2. The van der Waals surface area contributed by atoms with E-state index in [9.17, 15) is 9.18 Å². The number of aromatic nitrogens is 1. The van der Waals surface area contributed by atoms with E-state index in [4.69, 9.17) is 5.11 Å². The highest BCUT2D eigenvalue weighted by molar-refractivity contribution is 5.94. The smallest absolute Gasteiger partial charge is 0.254 e. The summed E-state index contributed by atoms with van der Waals surface area (Å²) in [7, 11) is 0. The average molecular weight is 226 g/mol. The van der Waals surface area contributed by atoms with Crippen LogP contribution in [0.2, 0.25) is 0 Å². The lowest BCUT2D eigenvalue weighted by Crippen LogP contribution is -2.38. The first-order valence-electron chi connectivity index (χ1n) is 5.07. The first kappa shape index (κ1) is 12.6. The van der Waals surface area contributed by atoms with Crippen molar-refractivity contribution in [3.8, 4) is 0 Å². The van der Waals surface area contributed by atoms with Crippen molar-refractivity contribution >= 4 is 5.91 Å². The molecule has 0 fully saturated rings. The molecule has 1 aromatic rings. The third-order valence-corrected chi connectivity index (χ3v) is 2.52. The van der Waals surface area contributed by atoms with Crippen LogP contribution in [0.15, 0.2) is 18.5 Å². The van der Waals surface area contributed by atoms with Crippen LogP contribution in [0.3, 0.4) is 0 Å². The molecular formula is C11H15FN2O2. The van der Waals surface area contributed by atoms with Gasteiger partial charge in [-0.05, 0) is 18.9 Å². The first-order valence-corrected chi connectivity index (χ1v) is 5.07. The monoisotopic (exact) mass is 226 g/mol. The minimum Gasteiger partial charge on any atom is -0.396 e. The molecule has 2 atom stereocenters. The molecule has 1 rings (SSSR count). The van der Waals surface area contributed by atoms with Crippen LogP contribution in [0.1, 0.15) is 24.2 Å². The first-order chi connectivity index (χ1) is 7.56. The van der Waals surface area contributed by atoms with Gasteiger partial charge in [-0.25, -0.2) is 4.39 Å². The molecule has 0 spiro atoms. The highest BCUT2D eigenvalue weighted by Crippen LogP contribution is 2.07. The number of aliphatic hydroxyl groups excluding tert-OH is 1. The van der Waals surface area contributed by atoms with Gasteiger partial charge in [0, 0.05) is 18.8 Å². The van der Waals surface area contributed by atoms with Gasteiger partial charge in [0.25, 0.3) is 5.91 Å². The summed E-state index contributed by atoms with van der Waals surface area (Å²) in [5, 5.41) is 11.5. The molecule has 0 radical (unpaired) electrons. The summed E-state index contributed by atoms with van der Waals surface area (Å²) in [6, 6.07) is 1.10. The van der Waals surface area contributed by atoms with E-state index in [-0.39, 0.29) is 24.1 Å². The van der Waals surface area contributed by atoms with Crippen molar-refractivity contribution in [1.29, 1.82) is 0 Å². The van der Waals surface area contributed by atoms with Crippen LogP contribution in [0.25, 0.3) is 0 Å². The van der Waals surface area contributed by atoms with Gasteiger partial charge in [-0.15, -0.1) is 0 Å². The molecule has 0 saturated carbocycles. The largest absolute Gasteiger partial charge is 0.396 e. The number of rotatable bonds is 4. The minimum atomic E-state index is -0.649. The molecule has 1 aromatic heterocycles. The van der Waals surface area contributed by atoms with Gasteiger partial charge in [0.1, 0.15) is 0 Å². The Morgan fingerprint density at radius 1 is 1.62 bits per heavy atom. The number of nitrogens with zero attached hydrogens (tertiary/aromatic N) is 1. The maximum atomic E-state index is 13.2. The van der Waals surface area contributed by atoms with E-state index >= 15 is 0 Å². The summed E-state index contributed by atoms with van der Waals surface area (Å²) in [5.74, 6) is -1.22. The van der Waals surface area contributed by atoms with Gasteiger partial charge in [0.05, 0.1) is 11.8 Å². The lowest BCUT2D eigenvalue weighted by atomic mass is 10.0. The van der Waals surface area contributed by atoms with E-state index < -0.39 is 11.7 Å². The second-order valence-corrected chi connectivity index (χ2v) is 3.78. The zero-order valence-corrected chi connectivity index (χ0v) is 9.27. The molecule has 1 amide bonds. The highest BCUT2D eigenvalue weighted by Gasteiger charge is 2.17. The van der Waals surface area contributed by atoms with Crippen LogP contribution in [-0.2, 0) is 0 Å². The van der Waals surface area contributed by atoms with Gasteiger partial charge in [-0.3, -0.25) is 9.78 Å². The maximum absolute atomic E-state index is 13.2. The van der Waals surface area contributed by atoms with E-state index in [0.29, 0.717) is 0 Å². The van der Waals surface area contributed by atoms with Gasteiger partial charge in [-0.1, -0.05) is 6.92 Å². The van der Waals surface area contributed by atoms with Crippen molar-refractivity contribution in [2.24, 2.45) is 5.92 Å². The molecule has 0 bridgehead atoms. The van der Waals surface area contributed by atoms with E-state index in [1.165, 1.54) is 12.3 Å². The lowest BCUT2D eigenvalue weighted by molar-refractivity contribution is 0.0912.